The van der Waals surface area contributed by atoms with E-state index in [-0.39, 0.29) is 0 Å². The number of nitrogens with zero attached hydrogens (tertiary/aromatic N) is 1. The molecule has 0 bridgehead atoms. The van der Waals surface area contributed by atoms with Gasteiger partial charge in [-0.2, -0.15) is 0 Å². The van der Waals surface area contributed by atoms with Crippen molar-refractivity contribution in [2.45, 2.75) is 19.4 Å². The molecule has 1 unspecified atom stereocenters. The van der Waals surface area contributed by atoms with E-state index in [0.717, 1.165) is 18.7 Å². The largest absolute Gasteiger partial charge is 0.481 e. The maximum Gasteiger partial charge on any atom is 0.213 e. The second-order valence-electron chi connectivity index (χ2n) is 3.59. The van der Waals surface area contributed by atoms with Crippen molar-refractivity contribution in [3.05, 3.63) is 23.9 Å². The van der Waals surface area contributed by atoms with Gasteiger partial charge < -0.3 is 14.8 Å². The highest BCUT2D eigenvalue weighted by atomic mass is 16.5. The molecule has 4 nitrogen and oxygen atoms in total. The van der Waals surface area contributed by atoms with Crippen LogP contribution in [0.15, 0.2) is 18.2 Å². The van der Waals surface area contributed by atoms with Gasteiger partial charge >= 0.3 is 0 Å². The summed E-state index contributed by atoms with van der Waals surface area (Å²) >= 11 is 0. The van der Waals surface area contributed by atoms with E-state index < -0.39 is 0 Å². The molecule has 0 aliphatic heterocycles. The molecule has 0 amide bonds. The van der Waals surface area contributed by atoms with Crippen LogP contribution in [0.3, 0.4) is 0 Å². The van der Waals surface area contributed by atoms with Crippen LogP contribution in [-0.4, -0.2) is 38.4 Å². The van der Waals surface area contributed by atoms with Crippen molar-refractivity contribution in [3.8, 4) is 5.88 Å². The molecule has 0 aliphatic rings. The minimum absolute atomic E-state index is 0.301. The van der Waals surface area contributed by atoms with Gasteiger partial charge in [-0.1, -0.05) is 13.0 Å². The van der Waals surface area contributed by atoms with E-state index in [9.17, 15) is 0 Å². The number of nitrogens with one attached hydrogen (secondary N) is 1. The SMILES string of the molecule is CCNC(COC)Cc1cccc(OC)n1. The lowest BCUT2D eigenvalue weighted by Crippen LogP contribution is -2.35. The number of likely N-dealkylation sites (N-methyl/N-ethyl adjacent to an activating group) is 1. The molecule has 0 spiro atoms. The number of ether oxygens (including phenoxy) is 2. The van der Waals surface area contributed by atoms with Gasteiger partial charge in [-0.15, -0.1) is 0 Å². The van der Waals surface area contributed by atoms with Gasteiger partial charge in [0.15, 0.2) is 0 Å². The van der Waals surface area contributed by atoms with Crippen LogP contribution in [0, 0.1) is 0 Å². The minimum atomic E-state index is 0.301. The fourth-order valence-electron chi connectivity index (χ4n) is 1.62. The monoisotopic (exact) mass is 224 g/mol. The molecule has 0 aromatic carbocycles. The summed E-state index contributed by atoms with van der Waals surface area (Å²) in [4.78, 5) is 4.38. The molecule has 4 heteroatoms. The van der Waals surface area contributed by atoms with Gasteiger partial charge in [0.2, 0.25) is 5.88 Å². The third-order valence-corrected chi connectivity index (χ3v) is 2.31. The molecule has 1 heterocycles. The molecule has 1 aromatic rings. The van der Waals surface area contributed by atoms with Crippen molar-refractivity contribution in [2.24, 2.45) is 0 Å². The van der Waals surface area contributed by atoms with E-state index >= 15 is 0 Å². The van der Waals surface area contributed by atoms with Crippen molar-refractivity contribution in [2.75, 3.05) is 27.4 Å². The van der Waals surface area contributed by atoms with Gasteiger partial charge in [-0.25, -0.2) is 4.98 Å². The average molecular weight is 224 g/mol. The summed E-state index contributed by atoms with van der Waals surface area (Å²) < 4.78 is 10.3. The molecule has 1 rings (SSSR count). The van der Waals surface area contributed by atoms with Crippen LogP contribution in [0.4, 0.5) is 0 Å². The number of methoxy groups -OCH3 is 2. The van der Waals surface area contributed by atoms with E-state index in [1.807, 2.05) is 18.2 Å². The zero-order chi connectivity index (χ0) is 11.8. The summed E-state index contributed by atoms with van der Waals surface area (Å²) in [5.41, 5.74) is 1.02. The Bertz CT molecular complexity index is 299. The number of pyridine rings is 1. The van der Waals surface area contributed by atoms with Crippen LogP contribution in [0.25, 0.3) is 0 Å². The van der Waals surface area contributed by atoms with Crippen LogP contribution < -0.4 is 10.1 Å². The maximum absolute atomic E-state index is 5.16. The van der Waals surface area contributed by atoms with E-state index in [1.54, 1.807) is 14.2 Å². The molecule has 1 aromatic heterocycles. The normalized spacial score (nSPS) is 12.4. The highest BCUT2D eigenvalue weighted by Gasteiger charge is 2.09. The average Bonchev–Trinajstić information content (AvgIpc) is 2.30. The van der Waals surface area contributed by atoms with Crippen LogP contribution in [0.5, 0.6) is 5.88 Å². The molecule has 16 heavy (non-hydrogen) atoms. The van der Waals surface area contributed by atoms with Gasteiger partial charge in [0.25, 0.3) is 0 Å². The predicted molar refractivity (Wildman–Crippen MR) is 63.8 cm³/mol. The summed E-state index contributed by atoms with van der Waals surface area (Å²) in [6.45, 7) is 3.70. The predicted octanol–water partition coefficient (Wildman–Crippen LogP) is 1.26. The summed E-state index contributed by atoms with van der Waals surface area (Å²) in [5, 5.41) is 3.36. The molecule has 0 saturated heterocycles. The van der Waals surface area contributed by atoms with E-state index in [4.69, 9.17) is 9.47 Å². The molecular formula is C12H20N2O2. The standard InChI is InChI=1S/C12H20N2O2/c1-4-13-11(9-15-2)8-10-6-5-7-12(14-10)16-3/h5-7,11,13H,4,8-9H2,1-3H3. The lowest BCUT2D eigenvalue weighted by molar-refractivity contribution is 0.166. The van der Waals surface area contributed by atoms with Crippen molar-refractivity contribution < 1.29 is 9.47 Å². The Morgan fingerprint density at radius 1 is 1.38 bits per heavy atom. The molecule has 90 valence electrons. The first-order valence-electron chi connectivity index (χ1n) is 5.52. The van der Waals surface area contributed by atoms with Crippen molar-refractivity contribution >= 4 is 0 Å². The zero-order valence-electron chi connectivity index (χ0n) is 10.2. The highest BCUT2D eigenvalue weighted by Crippen LogP contribution is 2.08. The van der Waals surface area contributed by atoms with Crippen LogP contribution >= 0.6 is 0 Å². The lowest BCUT2D eigenvalue weighted by Gasteiger charge is -2.16. The topological polar surface area (TPSA) is 43.4 Å². The summed E-state index contributed by atoms with van der Waals surface area (Å²) in [6, 6.07) is 6.11. The van der Waals surface area contributed by atoms with E-state index in [1.165, 1.54) is 0 Å². The summed E-state index contributed by atoms with van der Waals surface area (Å²) in [5.74, 6) is 0.658. The number of rotatable bonds is 7. The van der Waals surface area contributed by atoms with Gasteiger partial charge in [0, 0.05) is 31.3 Å². The Morgan fingerprint density at radius 3 is 2.81 bits per heavy atom. The van der Waals surface area contributed by atoms with Crippen LogP contribution in [0.2, 0.25) is 0 Å². The Labute approximate surface area is 97.0 Å². The quantitative estimate of drug-likeness (QED) is 0.757. The first-order chi connectivity index (χ1) is 7.80. The van der Waals surface area contributed by atoms with Crippen LogP contribution in [-0.2, 0) is 11.2 Å². The van der Waals surface area contributed by atoms with Gasteiger partial charge in [-0.05, 0) is 12.6 Å². The molecular weight excluding hydrogens is 204 g/mol. The van der Waals surface area contributed by atoms with Gasteiger partial charge in [-0.3, -0.25) is 0 Å². The molecule has 0 aliphatic carbocycles. The molecule has 0 fully saturated rings. The van der Waals surface area contributed by atoms with Crippen molar-refractivity contribution in [1.29, 1.82) is 0 Å². The first-order valence-corrected chi connectivity index (χ1v) is 5.52. The minimum Gasteiger partial charge on any atom is -0.481 e. The Balaban J connectivity index is 2.60. The first kappa shape index (κ1) is 12.9. The number of hydrogen-bond acceptors (Lipinski definition) is 4. The molecule has 1 atom stereocenters. The molecule has 1 N–H and O–H groups in total. The van der Waals surface area contributed by atoms with Gasteiger partial charge in [0.1, 0.15) is 0 Å². The fraction of sp³-hybridized carbons (Fsp3) is 0.583. The number of hydrogen-bond donors (Lipinski definition) is 1. The zero-order valence-corrected chi connectivity index (χ0v) is 10.2. The Kier molecular flexibility index (Phi) is 5.82. The third-order valence-electron chi connectivity index (χ3n) is 2.31. The Hall–Kier alpha value is -1.13. The second-order valence-corrected chi connectivity index (χ2v) is 3.59. The van der Waals surface area contributed by atoms with E-state index in [2.05, 4.69) is 17.2 Å². The Morgan fingerprint density at radius 2 is 2.19 bits per heavy atom. The summed E-state index contributed by atoms with van der Waals surface area (Å²) in [7, 11) is 3.34. The summed E-state index contributed by atoms with van der Waals surface area (Å²) in [6.07, 6.45) is 0.846. The highest BCUT2D eigenvalue weighted by molar-refractivity contribution is 5.16. The third kappa shape index (κ3) is 4.16. The molecule has 0 radical (unpaired) electrons. The van der Waals surface area contributed by atoms with E-state index in [0.29, 0.717) is 18.5 Å². The fourth-order valence-corrected chi connectivity index (χ4v) is 1.62. The number of aromatic nitrogens is 1. The van der Waals surface area contributed by atoms with Crippen LogP contribution in [0.1, 0.15) is 12.6 Å². The van der Waals surface area contributed by atoms with Gasteiger partial charge in [0.05, 0.1) is 13.7 Å². The van der Waals surface area contributed by atoms with Crippen molar-refractivity contribution in [1.82, 2.24) is 10.3 Å². The maximum atomic E-state index is 5.16. The smallest absolute Gasteiger partial charge is 0.213 e. The molecule has 0 saturated carbocycles. The van der Waals surface area contributed by atoms with Crippen molar-refractivity contribution in [3.63, 3.8) is 0 Å². The lowest BCUT2D eigenvalue weighted by atomic mass is 10.1. The second kappa shape index (κ2) is 7.19.